The molecule has 0 rings (SSSR count). The molecule has 0 fully saturated rings. The zero-order valence-corrected chi connectivity index (χ0v) is 6.85. The lowest BCUT2D eigenvalue weighted by Crippen LogP contribution is -1.69. The van der Waals surface area contributed by atoms with Crippen LogP contribution in [0.15, 0.2) is 0 Å². The third-order valence-corrected chi connectivity index (χ3v) is 0. The topological polar surface area (TPSA) is 78.1 Å². The SMILES string of the molecule is CN.CN.CN.P. The lowest BCUT2D eigenvalue weighted by Gasteiger charge is -1.19. The largest absolute Gasteiger partial charge is 0.333 e. The average molecular weight is 127 g/mol. The summed E-state index contributed by atoms with van der Waals surface area (Å²) in [6, 6.07) is 0. The minimum Gasteiger partial charge on any atom is -0.333 e. The molecular weight excluding hydrogens is 109 g/mol. The molecule has 0 heterocycles. The van der Waals surface area contributed by atoms with Gasteiger partial charge in [-0.25, -0.2) is 0 Å². The molecule has 3 nitrogen and oxygen atoms in total. The maximum atomic E-state index is 4.50. The Morgan fingerprint density at radius 1 is 0.571 bits per heavy atom. The Morgan fingerprint density at radius 2 is 0.571 bits per heavy atom. The smallest absolute Gasteiger partial charge is 0.0195 e. The molecule has 0 aromatic rings. The maximum Gasteiger partial charge on any atom is -0.0195 e. The first-order valence-electron chi connectivity index (χ1n) is 1.73. The fourth-order valence-electron chi connectivity index (χ4n) is 0. The van der Waals surface area contributed by atoms with Gasteiger partial charge in [-0.3, -0.25) is 0 Å². The summed E-state index contributed by atoms with van der Waals surface area (Å²) < 4.78 is 0. The van der Waals surface area contributed by atoms with E-state index in [0.717, 1.165) is 0 Å². The molecule has 6 N–H and O–H groups in total. The molecule has 0 saturated heterocycles. The molecule has 0 radical (unpaired) electrons. The highest BCUT2D eigenvalue weighted by Gasteiger charge is 0.840. The van der Waals surface area contributed by atoms with Crippen LogP contribution in [0, 0.1) is 0 Å². The van der Waals surface area contributed by atoms with Crippen molar-refractivity contribution in [2.24, 2.45) is 17.2 Å². The number of nitrogens with two attached hydrogens (primary N) is 3. The molecular formula is C3H18N3P. The Kier molecular flexibility index (Phi) is 7030. The van der Waals surface area contributed by atoms with Gasteiger partial charge >= 0.3 is 0 Å². The first kappa shape index (κ1) is 26.6. The van der Waals surface area contributed by atoms with Crippen LogP contribution in [0.1, 0.15) is 0 Å². The van der Waals surface area contributed by atoms with Crippen LogP contribution >= 0.6 is 9.90 Å². The van der Waals surface area contributed by atoms with E-state index < -0.39 is 0 Å². The Bertz CT molecular complexity index is 10.1. The monoisotopic (exact) mass is 127 g/mol. The van der Waals surface area contributed by atoms with Crippen LogP contribution in [0.5, 0.6) is 0 Å². The van der Waals surface area contributed by atoms with E-state index in [1.165, 1.54) is 21.1 Å². The van der Waals surface area contributed by atoms with E-state index >= 15 is 0 Å². The van der Waals surface area contributed by atoms with E-state index in [0.29, 0.717) is 0 Å². The highest BCUT2D eigenvalue weighted by molar-refractivity contribution is 6.92. The molecule has 0 aliphatic carbocycles. The van der Waals surface area contributed by atoms with Crippen LogP contribution in [-0.2, 0) is 0 Å². The summed E-state index contributed by atoms with van der Waals surface area (Å²) >= 11 is 0. The third kappa shape index (κ3) is 1220. The predicted octanol–water partition coefficient (Wildman–Crippen LogP) is -1.22. The summed E-state index contributed by atoms with van der Waals surface area (Å²) in [5.74, 6) is 0. The highest BCUT2D eigenvalue weighted by atomic mass is 31.0. The standard InChI is InChI=1S/3CH5N.H3P/c3*1-2;/h3*2H2,1H3;1H3. The summed E-state index contributed by atoms with van der Waals surface area (Å²) in [5.41, 5.74) is 13.5. The first-order valence-corrected chi connectivity index (χ1v) is 1.73. The van der Waals surface area contributed by atoms with Gasteiger partial charge in [-0.1, -0.05) is 0 Å². The highest BCUT2D eigenvalue weighted by Crippen LogP contribution is 0.861. The molecule has 0 bridgehead atoms. The van der Waals surface area contributed by atoms with Gasteiger partial charge in [-0.05, 0) is 21.1 Å². The second-order valence-corrected chi connectivity index (χ2v) is 0. The average Bonchev–Trinajstić information content (AvgIpc) is 1.81. The van der Waals surface area contributed by atoms with Gasteiger partial charge in [-0.15, -0.1) is 0 Å². The molecule has 1 atom stereocenters. The van der Waals surface area contributed by atoms with Crippen LogP contribution in [0.2, 0.25) is 0 Å². The predicted molar refractivity (Wildman–Crippen MR) is 41.4 cm³/mol. The van der Waals surface area contributed by atoms with Gasteiger partial charge in [0.1, 0.15) is 0 Å². The van der Waals surface area contributed by atoms with Crippen LogP contribution in [0.4, 0.5) is 0 Å². The van der Waals surface area contributed by atoms with Crippen molar-refractivity contribution in [3.05, 3.63) is 0 Å². The summed E-state index contributed by atoms with van der Waals surface area (Å²) in [6.45, 7) is 0. The minimum absolute atomic E-state index is 0. The van der Waals surface area contributed by atoms with Gasteiger partial charge in [-0.2, -0.15) is 9.90 Å². The van der Waals surface area contributed by atoms with Gasteiger partial charge < -0.3 is 17.2 Å². The zero-order valence-electron chi connectivity index (χ0n) is 5.44. The first-order chi connectivity index (χ1) is 3.00. The second kappa shape index (κ2) is 1850. The summed E-state index contributed by atoms with van der Waals surface area (Å²) in [4.78, 5) is 0. The maximum absolute atomic E-state index is 4.50. The Labute approximate surface area is 49.3 Å². The third-order valence-electron chi connectivity index (χ3n) is 0. The van der Waals surface area contributed by atoms with E-state index in [1.54, 1.807) is 0 Å². The van der Waals surface area contributed by atoms with Crippen molar-refractivity contribution in [2.45, 2.75) is 0 Å². The molecule has 0 saturated carbocycles. The number of hydrogen-bond donors (Lipinski definition) is 3. The van der Waals surface area contributed by atoms with Crippen molar-refractivity contribution in [2.75, 3.05) is 21.1 Å². The van der Waals surface area contributed by atoms with Crippen molar-refractivity contribution >= 4 is 9.90 Å². The van der Waals surface area contributed by atoms with Crippen LogP contribution in [-0.4, -0.2) is 21.1 Å². The molecule has 7 heavy (non-hydrogen) atoms. The van der Waals surface area contributed by atoms with E-state index in [9.17, 15) is 0 Å². The summed E-state index contributed by atoms with van der Waals surface area (Å²) in [5, 5.41) is 0. The summed E-state index contributed by atoms with van der Waals surface area (Å²) in [6.07, 6.45) is 0. The Hall–Kier alpha value is 0.310. The lowest BCUT2D eigenvalue weighted by molar-refractivity contribution is 1.48. The Balaban J connectivity index is -0.00000000900. The molecule has 0 spiro atoms. The number of hydrogen-bond acceptors (Lipinski definition) is 3. The van der Waals surface area contributed by atoms with Gasteiger partial charge in [0.15, 0.2) is 0 Å². The molecule has 0 aromatic heterocycles. The Morgan fingerprint density at radius 3 is 0.571 bits per heavy atom. The van der Waals surface area contributed by atoms with E-state index in [1.807, 2.05) is 0 Å². The molecule has 1 unspecified atom stereocenters. The lowest BCUT2D eigenvalue weighted by atomic mass is 11.6. The van der Waals surface area contributed by atoms with Gasteiger partial charge in [0.25, 0.3) is 0 Å². The van der Waals surface area contributed by atoms with Crippen molar-refractivity contribution in [1.82, 2.24) is 0 Å². The number of rotatable bonds is 0. The van der Waals surface area contributed by atoms with Gasteiger partial charge in [0.2, 0.25) is 0 Å². The molecule has 0 aromatic carbocycles. The molecule has 0 aliphatic rings. The van der Waals surface area contributed by atoms with Crippen LogP contribution in [0.3, 0.4) is 0 Å². The quantitative estimate of drug-likeness (QED) is 0.357. The van der Waals surface area contributed by atoms with E-state index in [-0.39, 0.29) is 9.90 Å². The normalized spacial score (nSPS) is 2.57. The molecule has 4 heteroatoms. The van der Waals surface area contributed by atoms with E-state index in [4.69, 9.17) is 0 Å². The van der Waals surface area contributed by atoms with Crippen molar-refractivity contribution in [1.29, 1.82) is 0 Å². The second-order valence-electron chi connectivity index (χ2n) is 0. The van der Waals surface area contributed by atoms with Crippen LogP contribution < -0.4 is 17.2 Å². The minimum atomic E-state index is 0. The van der Waals surface area contributed by atoms with Crippen molar-refractivity contribution < 1.29 is 0 Å². The van der Waals surface area contributed by atoms with E-state index in [2.05, 4.69) is 17.2 Å². The summed E-state index contributed by atoms with van der Waals surface area (Å²) in [7, 11) is 4.50. The van der Waals surface area contributed by atoms with Crippen molar-refractivity contribution in [3.8, 4) is 0 Å². The van der Waals surface area contributed by atoms with Crippen molar-refractivity contribution in [3.63, 3.8) is 0 Å². The fraction of sp³-hybridized carbons (Fsp3) is 1.00. The fourth-order valence-corrected chi connectivity index (χ4v) is 0. The molecule has 0 aliphatic heterocycles. The van der Waals surface area contributed by atoms with Gasteiger partial charge in [0, 0.05) is 0 Å². The van der Waals surface area contributed by atoms with Gasteiger partial charge in [0.05, 0.1) is 0 Å². The molecule has 0 amide bonds. The zero-order chi connectivity index (χ0) is 6.00. The van der Waals surface area contributed by atoms with Crippen LogP contribution in [0.25, 0.3) is 0 Å². The molecule has 50 valence electrons.